The summed E-state index contributed by atoms with van der Waals surface area (Å²) >= 11 is 0. The minimum atomic E-state index is -1.16. The number of carbonyl (C=O) groups is 3. The van der Waals surface area contributed by atoms with Crippen molar-refractivity contribution in [1.29, 1.82) is 0 Å². The Morgan fingerprint density at radius 3 is 2.46 bits per heavy atom. The second-order valence-corrected chi connectivity index (χ2v) is 15.0. The molecule has 2 aromatic rings. The fraction of sp³-hybridized carbons (Fsp3) is 0.703. The molecule has 2 saturated heterocycles. The van der Waals surface area contributed by atoms with Crippen molar-refractivity contribution in [2.75, 3.05) is 33.0 Å². The second kappa shape index (κ2) is 16.3. The van der Waals surface area contributed by atoms with Crippen LogP contribution in [-0.2, 0) is 30.3 Å². The normalized spacial score (nSPS) is 33.6. The number of hydrogen-bond donors (Lipinski definition) is 1. The molecule has 1 aromatic carbocycles. The van der Waals surface area contributed by atoms with E-state index in [0.29, 0.717) is 38.0 Å². The lowest BCUT2D eigenvalue weighted by Crippen LogP contribution is -2.61. The van der Waals surface area contributed by atoms with E-state index in [2.05, 4.69) is 36.1 Å². The van der Waals surface area contributed by atoms with Crippen LogP contribution in [0.1, 0.15) is 80.6 Å². The van der Waals surface area contributed by atoms with Gasteiger partial charge in [0.2, 0.25) is 0 Å². The number of likely N-dealkylation sites (N-methyl/N-ethyl adjacent to an activating group) is 1. The second-order valence-electron chi connectivity index (χ2n) is 15.0. The highest BCUT2D eigenvalue weighted by atomic mass is 16.6. The number of cyclic esters (lactones) is 1. The molecule has 0 saturated carbocycles. The van der Waals surface area contributed by atoms with Gasteiger partial charge in [0.25, 0.3) is 0 Å². The summed E-state index contributed by atoms with van der Waals surface area (Å²) in [4.78, 5) is 45.0. The number of hydrogen-bond acceptors (Lipinski definition) is 10. The molecule has 3 heterocycles. The summed E-state index contributed by atoms with van der Waals surface area (Å²) in [7, 11) is 10.4. The summed E-state index contributed by atoms with van der Waals surface area (Å²) in [5.74, 6) is -3.04. The summed E-state index contributed by atoms with van der Waals surface area (Å²) in [6, 6.07) is 6.95. The van der Waals surface area contributed by atoms with Gasteiger partial charge in [-0.3, -0.25) is 19.2 Å². The zero-order valence-corrected chi connectivity index (χ0v) is 31.4. The number of amides is 1. The average Bonchev–Trinajstić information content (AvgIpc) is 3.67. The Kier molecular flexibility index (Phi) is 12.8. The van der Waals surface area contributed by atoms with Crippen molar-refractivity contribution in [2.45, 2.75) is 122 Å². The lowest BCUT2D eigenvalue weighted by molar-refractivity contribution is -0.171. The Morgan fingerprint density at radius 2 is 1.80 bits per heavy atom. The first-order valence-corrected chi connectivity index (χ1v) is 18.1. The molecule has 1 amide bonds. The van der Waals surface area contributed by atoms with Crippen LogP contribution in [0.4, 0.5) is 10.5 Å². The minimum absolute atomic E-state index is 0.148. The van der Waals surface area contributed by atoms with Crippen LogP contribution in [0.2, 0.25) is 5.82 Å². The smallest absolute Gasteiger partial charge is 0.410 e. The number of unbranched alkanes of at least 4 members (excludes halogenated alkanes) is 1. The number of methoxy groups -OCH3 is 1. The standard InChI is InChI=1S/C37H57BN6O6/c1-10-30-37(7)33(44(35(47)50-37)18-12-11-17-43-22-29(40-41-43)27-14-13-15-28(39)20-27)26(5)42(8)19-16-23(2)21-36(6,48-9)32(38)24(3)31(45)25(4)34(46)49-30/h13-15,20,22-26,30,32-33H,10-12,16-19,21,39H2,1-9H3/t23-,24+,25-,26+,30-,32-,33-,36-,37-/m1/s1. The Balaban J connectivity index is 1.56. The number of aryl methyl sites for hydroxylation is 1. The van der Waals surface area contributed by atoms with E-state index >= 15 is 0 Å². The van der Waals surface area contributed by atoms with E-state index in [4.69, 9.17) is 27.8 Å². The third-order valence-electron chi connectivity index (χ3n) is 11.3. The van der Waals surface area contributed by atoms with Gasteiger partial charge in [-0.15, -0.1) is 5.10 Å². The number of rotatable bonds is 8. The fourth-order valence-corrected chi connectivity index (χ4v) is 7.83. The molecule has 12 nitrogen and oxygen atoms in total. The maximum absolute atomic E-state index is 13.7. The number of esters is 1. The highest BCUT2D eigenvalue weighted by Gasteiger charge is 2.59. The molecule has 2 aliphatic heterocycles. The van der Waals surface area contributed by atoms with Crippen LogP contribution >= 0.6 is 0 Å². The van der Waals surface area contributed by atoms with Gasteiger partial charge >= 0.3 is 12.1 Å². The number of anilines is 1. The average molecular weight is 693 g/mol. The molecule has 2 N–H and O–H groups in total. The van der Waals surface area contributed by atoms with Gasteiger partial charge in [-0.25, -0.2) is 4.79 Å². The summed E-state index contributed by atoms with van der Waals surface area (Å²) in [5.41, 5.74) is 6.32. The molecule has 2 radical (unpaired) electrons. The number of Topliss-reactive ketones (excluding diaryl/α,β-unsaturated/α-hetero) is 1. The molecule has 0 aliphatic carbocycles. The summed E-state index contributed by atoms with van der Waals surface area (Å²) < 4.78 is 20.1. The van der Waals surface area contributed by atoms with E-state index in [9.17, 15) is 14.4 Å². The number of nitrogens with zero attached hydrogens (tertiary/aromatic N) is 5. The number of fused-ring (bicyclic) bond motifs is 1. The number of nitrogens with two attached hydrogens (primary N) is 1. The number of ketones is 1. The molecule has 13 heteroatoms. The first-order chi connectivity index (χ1) is 23.6. The topological polar surface area (TPSA) is 142 Å². The maximum atomic E-state index is 13.7. The van der Waals surface area contributed by atoms with E-state index in [1.807, 2.05) is 51.2 Å². The number of carbonyl (C=O) groups excluding carboxylic acids is 3. The van der Waals surface area contributed by atoms with Gasteiger partial charge in [-0.1, -0.05) is 38.1 Å². The summed E-state index contributed by atoms with van der Waals surface area (Å²) in [6.07, 6.45) is 4.01. The van der Waals surface area contributed by atoms with E-state index in [-0.39, 0.29) is 17.7 Å². The summed E-state index contributed by atoms with van der Waals surface area (Å²) in [5, 5.41) is 8.59. The third-order valence-corrected chi connectivity index (χ3v) is 11.3. The molecular formula is C37H57BN6O6. The quantitative estimate of drug-likeness (QED) is 0.130. The lowest BCUT2D eigenvalue weighted by atomic mass is 9.62. The SMILES string of the molecule is [B][C@@H]1[C@@H](C)C(=O)[C@@H](C)C(=O)O[C@H](CC)[C@@]2(C)OC(=O)N(CCCCn3cc(-c4cccc(N)c4)nn3)[C@@H]2[C@H](C)N(C)CC[C@@H](C)C[C@@]1(C)OC. The van der Waals surface area contributed by atoms with Crippen LogP contribution in [-0.4, -0.2) is 107 Å². The highest BCUT2D eigenvalue weighted by Crippen LogP contribution is 2.41. The van der Waals surface area contributed by atoms with Crippen molar-refractivity contribution in [2.24, 2.45) is 17.8 Å². The zero-order valence-electron chi connectivity index (χ0n) is 31.4. The molecule has 2 fully saturated rings. The molecule has 2 aliphatic rings. The lowest BCUT2D eigenvalue weighted by Gasteiger charge is -2.44. The molecule has 0 bridgehead atoms. The van der Waals surface area contributed by atoms with Crippen molar-refractivity contribution >= 4 is 31.4 Å². The van der Waals surface area contributed by atoms with Crippen molar-refractivity contribution in [1.82, 2.24) is 24.8 Å². The van der Waals surface area contributed by atoms with E-state index in [1.54, 1.807) is 30.5 Å². The monoisotopic (exact) mass is 692 g/mol. The zero-order chi connectivity index (χ0) is 37.0. The molecule has 1 aromatic heterocycles. The Morgan fingerprint density at radius 1 is 1.10 bits per heavy atom. The Bertz CT molecular complexity index is 1490. The number of benzene rings is 1. The third kappa shape index (κ3) is 8.36. The molecular weight excluding hydrogens is 635 g/mol. The van der Waals surface area contributed by atoms with Crippen LogP contribution in [0.25, 0.3) is 11.3 Å². The first-order valence-electron chi connectivity index (χ1n) is 18.1. The number of ether oxygens (including phenoxy) is 3. The molecule has 0 spiro atoms. The Hall–Kier alpha value is -3.45. The van der Waals surface area contributed by atoms with Crippen LogP contribution < -0.4 is 5.73 Å². The van der Waals surface area contributed by atoms with E-state index in [0.717, 1.165) is 30.6 Å². The summed E-state index contributed by atoms with van der Waals surface area (Å²) in [6.45, 7) is 15.1. The van der Waals surface area contributed by atoms with Gasteiger partial charge in [-0.05, 0) is 97.3 Å². The highest BCUT2D eigenvalue weighted by molar-refractivity contribution is 6.15. The molecule has 50 heavy (non-hydrogen) atoms. The fourth-order valence-electron chi connectivity index (χ4n) is 7.83. The van der Waals surface area contributed by atoms with Crippen molar-refractivity contribution in [3.8, 4) is 11.3 Å². The van der Waals surface area contributed by atoms with Crippen molar-refractivity contribution < 1.29 is 28.6 Å². The maximum Gasteiger partial charge on any atom is 0.410 e. The number of nitrogen functional groups attached to an aromatic ring is 1. The largest absolute Gasteiger partial charge is 0.458 e. The molecule has 274 valence electrons. The van der Waals surface area contributed by atoms with Gasteiger partial charge in [0, 0.05) is 43.4 Å². The molecule has 0 unspecified atom stereocenters. The van der Waals surface area contributed by atoms with Crippen LogP contribution in [0, 0.1) is 17.8 Å². The van der Waals surface area contributed by atoms with Crippen LogP contribution in [0.3, 0.4) is 0 Å². The molecule has 9 atom stereocenters. The number of aromatic nitrogens is 3. The van der Waals surface area contributed by atoms with Gasteiger partial charge in [-0.2, -0.15) is 0 Å². The van der Waals surface area contributed by atoms with Crippen molar-refractivity contribution in [3.05, 3.63) is 30.5 Å². The minimum Gasteiger partial charge on any atom is -0.458 e. The van der Waals surface area contributed by atoms with Crippen LogP contribution in [0.15, 0.2) is 30.5 Å². The van der Waals surface area contributed by atoms with Crippen LogP contribution in [0.5, 0.6) is 0 Å². The predicted octanol–water partition coefficient (Wildman–Crippen LogP) is 5.16. The van der Waals surface area contributed by atoms with Gasteiger partial charge < -0.3 is 24.8 Å². The van der Waals surface area contributed by atoms with E-state index < -0.39 is 53.1 Å². The van der Waals surface area contributed by atoms with Gasteiger partial charge in [0.1, 0.15) is 23.5 Å². The van der Waals surface area contributed by atoms with Gasteiger partial charge in [0.05, 0.1) is 25.7 Å². The predicted molar refractivity (Wildman–Crippen MR) is 193 cm³/mol. The van der Waals surface area contributed by atoms with Gasteiger partial charge in [0.15, 0.2) is 5.60 Å². The first kappa shape index (κ1) is 39.3. The van der Waals surface area contributed by atoms with E-state index in [1.165, 1.54) is 0 Å². The molecule has 4 rings (SSSR count). The van der Waals surface area contributed by atoms with Crippen molar-refractivity contribution in [3.63, 3.8) is 0 Å². The Labute approximate surface area is 299 Å².